The van der Waals surface area contributed by atoms with Gasteiger partial charge < -0.3 is 26.0 Å². The molecule has 2 amide bonds. The zero-order valence-corrected chi connectivity index (χ0v) is 18.8. The number of carbonyl (C=O) groups is 2. The van der Waals surface area contributed by atoms with E-state index >= 15 is 0 Å². The quantitative estimate of drug-likeness (QED) is 0.316. The second-order valence-corrected chi connectivity index (χ2v) is 7.84. The summed E-state index contributed by atoms with van der Waals surface area (Å²) in [6.45, 7) is 15.9. The molecule has 0 aliphatic carbocycles. The zero-order valence-electron chi connectivity index (χ0n) is 18.8. The largest absolute Gasteiger partial charge is 0.444 e. The molecule has 4 N–H and O–H groups in total. The van der Waals surface area contributed by atoms with Gasteiger partial charge in [0.15, 0.2) is 5.96 Å². The molecule has 0 saturated heterocycles. The molecule has 0 aromatic rings. The maximum absolute atomic E-state index is 12.2. The van der Waals surface area contributed by atoms with Crippen LogP contribution >= 0.6 is 0 Å². The second-order valence-electron chi connectivity index (χ2n) is 7.84. The maximum atomic E-state index is 12.2. The summed E-state index contributed by atoms with van der Waals surface area (Å²) in [5.74, 6) is 0.649. The molecule has 0 bridgehead atoms. The second kappa shape index (κ2) is 13.2. The number of ether oxygens (including phenoxy) is 1. The minimum absolute atomic E-state index is 0.0215. The molecule has 8 heteroatoms. The summed E-state index contributed by atoms with van der Waals surface area (Å²) >= 11 is 0. The van der Waals surface area contributed by atoms with Crippen LogP contribution in [0.15, 0.2) is 4.99 Å². The van der Waals surface area contributed by atoms with Gasteiger partial charge in [-0.15, -0.1) is 0 Å². The molecule has 0 aromatic heterocycles. The molecule has 0 aromatic carbocycles. The van der Waals surface area contributed by atoms with E-state index in [4.69, 9.17) is 4.74 Å². The third kappa shape index (κ3) is 11.7. The molecule has 0 aliphatic rings. The lowest BCUT2D eigenvalue weighted by Crippen LogP contribution is -2.52. The van der Waals surface area contributed by atoms with Crippen LogP contribution in [0.5, 0.6) is 0 Å². The monoisotopic (exact) mass is 399 g/mol. The van der Waals surface area contributed by atoms with Gasteiger partial charge in [0.25, 0.3) is 0 Å². The summed E-state index contributed by atoms with van der Waals surface area (Å²) in [5.41, 5.74) is -1.03. The van der Waals surface area contributed by atoms with Crippen LogP contribution in [0.2, 0.25) is 0 Å². The third-order valence-corrected chi connectivity index (χ3v) is 4.22. The summed E-state index contributed by atoms with van der Waals surface area (Å²) in [4.78, 5) is 28.6. The Morgan fingerprint density at radius 2 is 1.57 bits per heavy atom. The SMILES string of the molecule is CCCNC(=O)CCNC(=NCC(CC)(CC)NC(=O)OC(C)(C)C)NCC. The Balaban J connectivity index is 4.88. The van der Waals surface area contributed by atoms with Gasteiger partial charge in [-0.2, -0.15) is 0 Å². The fraction of sp³-hybridized carbons (Fsp3) is 0.850. The van der Waals surface area contributed by atoms with Crippen molar-refractivity contribution in [3.63, 3.8) is 0 Å². The van der Waals surface area contributed by atoms with E-state index in [2.05, 4.69) is 26.3 Å². The first kappa shape index (κ1) is 26.0. The van der Waals surface area contributed by atoms with Crippen molar-refractivity contribution in [1.29, 1.82) is 0 Å². The Morgan fingerprint density at radius 1 is 0.929 bits per heavy atom. The van der Waals surface area contributed by atoms with Gasteiger partial charge in [0, 0.05) is 26.1 Å². The molecule has 0 spiro atoms. The fourth-order valence-corrected chi connectivity index (χ4v) is 2.43. The highest BCUT2D eigenvalue weighted by atomic mass is 16.6. The molecule has 0 fully saturated rings. The Morgan fingerprint density at radius 3 is 2.07 bits per heavy atom. The van der Waals surface area contributed by atoms with E-state index in [1.807, 2.05) is 48.5 Å². The van der Waals surface area contributed by atoms with Crippen LogP contribution in [0.1, 0.15) is 74.1 Å². The van der Waals surface area contributed by atoms with Gasteiger partial charge in [0.05, 0.1) is 12.1 Å². The normalized spacial score (nSPS) is 12.3. The van der Waals surface area contributed by atoms with Gasteiger partial charge in [-0.05, 0) is 47.0 Å². The first-order valence-corrected chi connectivity index (χ1v) is 10.4. The molecule has 0 aliphatic heterocycles. The molecule has 0 saturated carbocycles. The van der Waals surface area contributed by atoms with Crippen molar-refractivity contribution >= 4 is 18.0 Å². The predicted octanol–water partition coefficient (Wildman–Crippen LogP) is 2.54. The topological polar surface area (TPSA) is 104 Å². The third-order valence-electron chi connectivity index (χ3n) is 4.22. The number of carbonyl (C=O) groups excluding carboxylic acids is 2. The summed E-state index contributed by atoms with van der Waals surface area (Å²) in [6, 6.07) is 0. The first-order valence-electron chi connectivity index (χ1n) is 10.4. The molecule has 0 radical (unpaired) electrons. The molecule has 8 nitrogen and oxygen atoms in total. The Kier molecular flexibility index (Phi) is 12.3. The van der Waals surface area contributed by atoms with Crippen LogP contribution in [0.4, 0.5) is 4.79 Å². The predicted molar refractivity (Wildman–Crippen MR) is 115 cm³/mol. The molecule has 164 valence electrons. The summed E-state index contributed by atoms with van der Waals surface area (Å²) in [6.07, 6.45) is 2.32. The number of hydrogen-bond donors (Lipinski definition) is 4. The number of guanidine groups is 1. The smallest absolute Gasteiger partial charge is 0.408 e. The molecule has 28 heavy (non-hydrogen) atoms. The average Bonchev–Trinajstić information content (AvgIpc) is 2.61. The number of hydrogen-bond acceptors (Lipinski definition) is 4. The van der Waals surface area contributed by atoms with Crippen molar-refractivity contribution in [3.05, 3.63) is 0 Å². The highest BCUT2D eigenvalue weighted by molar-refractivity contribution is 5.81. The molecule has 0 rings (SSSR count). The van der Waals surface area contributed by atoms with Crippen LogP contribution < -0.4 is 21.3 Å². The van der Waals surface area contributed by atoms with E-state index in [1.165, 1.54) is 0 Å². The van der Waals surface area contributed by atoms with Crippen molar-refractivity contribution < 1.29 is 14.3 Å². The lowest BCUT2D eigenvalue weighted by atomic mass is 9.93. The Bertz CT molecular complexity index is 497. The van der Waals surface area contributed by atoms with Gasteiger partial charge >= 0.3 is 6.09 Å². The lowest BCUT2D eigenvalue weighted by molar-refractivity contribution is -0.120. The number of amides is 2. The van der Waals surface area contributed by atoms with Crippen LogP contribution in [0.25, 0.3) is 0 Å². The van der Waals surface area contributed by atoms with Gasteiger partial charge in [-0.1, -0.05) is 20.8 Å². The van der Waals surface area contributed by atoms with Gasteiger partial charge in [0.2, 0.25) is 5.91 Å². The van der Waals surface area contributed by atoms with Gasteiger partial charge in [-0.3, -0.25) is 9.79 Å². The number of alkyl carbamates (subject to hydrolysis) is 1. The van der Waals surface area contributed by atoms with Crippen LogP contribution in [0, 0.1) is 0 Å². The maximum Gasteiger partial charge on any atom is 0.408 e. The van der Waals surface area contributed by atoms with E-state index in [0.717, 1.165) is 19.3 Å². The molecular weight excluding hydrogens is 358 g/mol. The molecular formula is C20H41N5O3. The standard InChI is InChI=1S/C20H41N5O3/c1-8-13-22-16(26)12-14-23-17(21-11-4)24-15-20(9-2,10-3)25-18(27)28-19(5,6)7/h8-15H2,1-7H3,(H,22,26)(H,25,27)(H2,21,23,24). The fourth-order valence-electron chi connectivity index (χ4n) is 2.43. The van der Waals surface area contributed by atoms with Crippen molar-refractivity contribution in [3.8, 4) is 0 Å². The minimum atomic E-state index is -0.546. The Hall–Kier alpha value is -1.99. The van der Waals surface area contributed by atoms with E-state index in [0.29, 0.717) is 38.6 Å². The number of aliphatic imine (C=N–C) groups is 1. The van der Waals surface area contributed by atoms with Gasteiger partial charge in [0.1, 0.15) is 5.60 Å². The van der Waals surface area contributed by atoms with E-state index in [-0.39, 0.29) is 5.91 Å². The number of nitrogens with zero attached hydrogens (tertiary/aromatic N) is 1. The highest BCUT2D eigenvalue weighted by Gasteiger charge is 2.30. The average molecular weight is 400 g/mol. The van der Waals surface area contributed by atoms with E-state index < -0.39 is 17.2 Å². The van der Waals surface area contributed by atoms with Crippen LogP contribution in [-0.2, 0) is 9.53 Å². The minimum Gasteiger partial charge on any atom is -0.444 e. The first-order chi connectivity index (χ1) is 13.1. The number of rotatable bonds is 11. The summed E-state index contributed by atoms with van der Waals surface area (Å²) in [7, 11) is 0. The van der Waals surface area contributed by atoms with Crippen molar-refractivity contribution in [1.82, 2.24) is 21.3 Å². The molecule has 0 heterocycles. The van der Waals surface area contributed by atoms with Crippen molar-refractivity contribution in [2.24, 2.45) is 4.99 Å². The van der Waals surface area contributed by atoms with Crippen LogP contribution in [0.3, 0.4) is 0 Å². The number of nitrogens with one attached hydrogen (secondary N) is 4. The lowest BCUT2D eigenvalue weighted by Gasteiger charge is -2.32. The van der Waals surface area contributed by atoms with Crippen molar-refractivity contribution in [2.45, 2.75) is 85.3 Å². The molecule has 0 atom stereocenters. The highest BCUT2D eigenvalue weighted by Crippen LogP contribution is 2.17. The van der Waals surface area contributed by atoms with E-state index in [1.54, 1.807) is 0 Å². The van der Waals surface area contributed by atoms with Crippen molar-refractivity contribution in [2.75, 3.05) is 26.2 Å². The zero-order chi connectivity index (χ0) is 21.6. The summed E-state index contributed by atoms with van der Waals surface area (Å²) in [5, 5.41) is 12.2. The summed E-state index contributed by atoms with van der Waals surface area (Å²) < 4.78 is 5.40. The van der Waals surface area contributed by atoms with E-state index in [9.17, 15) is 9.59 Å². The Labute approximate surface area is 170 Å². The van der Waals surface area contributed by atoms with Gasteiger partial charge in [-0.25, -0.2) is 4.79 Å². The molecule has 0 unspecified atom stereocenters. The van der Waals surface area contributed by atoms with Crippen LogP contribution in [-0.4, -0.2) is 55.3 Å².